The molecule has 29 heavy (non-hydrogen) atoms. The summed E-state index contributed by atoms with van der Waals surface area (Å²) >= 11 is 0. The van der Waals surface area contributed by atoms with Gasteiger partial charge in [0, 0.05) is 35.5 Å². The molecule has 0 radical (unpaired) electrons. The Morgan fingerprint density at radius 2 is 2.03 bits per heavy atom. The average molecular weight is 399 g/mol. The first-order valence-electron chi connectivity index (χ1n) is 9.60. The quantitative estimate of drug-likeness (QED) is 0.630. The van der Waals surface area contributed by atoms with Crippen molar-refractivity contribution in [2.24, 2.45) is 0 Å². The van der Waals surface area contributed by atoms with Gasteiger partial charge in [0.05, 0.1) is 13.1 Å². The van der Waals surface area contributed by atoms with Gasteiger partial charge in [0.1, 0.15) is 22.9 Å². The van der Waals surface area contributed by atoms with Gasteiger partial charge in [-0.05, 0) is 51.0 Å². The normalized spacial score (nSPS) is 14.2. The van der Waals surface area contributed by atoms with Crippen molar-refractivity contribution in [1.29, 1.82) is 0 Å². The summed E-state index contributed by atoms with van der Waals surface area (Å²) in [7, 11) is 0. The number of hydrogen-bond acceptors (Lipinski definition) is 3. The van der Waals surface area contributed by atoms with E-state index in [2.05, 4.69) is 4.98 Å². The molecular weight excluding hydrogens is 376 g/mol. The Balaban J connectivity index is 1.74. The van der Waals surface area contributed by atoms with Crippen LogP contribution in [0.5, 0.6) is 0 Å². The molecule has 7 heteroatoms. The van der Waals surface area contributed by atoms with Crippen molar-refractivity contribution >= 4 is 17.1 Å². The van der Waals surface area contributed by atoms with E-state index < -0.39 is 17.2 Å². The van der Waals surface area contributed by atoms with Crippen LogP contribution in [0.25, 0.3) is 11.0 Å². The number of pyridine rings is 1. The molecule has 1 aromatic carbocycles. The number of amides is 1. The Morgan fingerprint density at radius 3 is 2.76 bits per heavy atom. The van der Waals surface area contributed by atoms with Crippen LogP contribution in [0.4, 0.5) is 13.6 Å². The number of carbonyl (C=O) groups excluding carboxylic acids is 1. The summed E-state index contributed by atoms with van der Waals surface area (Å²) in [6.45, 7) is 6.59. The molecule has 2 aromatic heterocycles. The maximum Gasteiger partial charge on any atom is 0.410 e. The molecule has 0 spiro atoms. The number of halogens is 2. The Morgan fingerprint density at radius 1 is 1.24 bits per heavy atom. The summed E-state index contributed by atoms with van der Waals surface area (Å²) in [5.74, 6) is -1.21. The lowest BCUT2D eigenvalue weighted by Crippen LogP contribution is -2.40. The zero-order valence-corrected chi connectivity index (χ0v) is 16.7. The molecule has 1 amide bonds. The van der Waals surface area contributed by atoms with Gasteiger partial charge in [-0.2, -0.15) is 0 Å². The molecule has 0 saturated heterocycles. The van der Waals surface area contributed by atoms with E-state index >= 15 is 0 Å². The Kier molecular flexibility index (Phi) is 4.76. The molecule has 0 fully saturated rings. The third kappa shape index (κ3) is 3.81. The standard InChI is InChI=1S/C22H23F2N3O2/c1-22(2,3)29-21(28)26-10-8-16-17-5-4-9-25-20(17)27(19(16)13-26)12-14-6-7-15(23)11-18(14)24/h4-7,9,11H,8,10,12-13H2,1-3H3. The van der Waals surface area contributed by atoms with Crippen LogP contribution < -0.4 is 0 Å². The smallest absolute Gasteiger partial charge is 0.410 e. The Hall–Kier alpha value is -2.96. The first kappa shape index (κ1) is 19.4. The molecule has 5 nitrogen and oxygen atoms in total. The van der Waals surface area contributed by atoms with Crippen LogP contribution in [-0.2, 0) is 24.2 Å². The average Bonchev–Trinajstić information content (AvgIpc) is 2.96. The molecule has 0 aliphatic carbocycles. The lowest BCUT2D eigenvalue weighted by molar-refractivity contribution is 0.0219. The van der Waals surface area contributed by atoms with E-state index in [1.165, 1.54) is 12.1 Å². The summed E-state index contributed by atoms with van der Waals surface area (Å²) in [5, 5.41) is 0.994. The van der Waals surface area contributed by atoms with Crippen molar-refractivity contribution in [3.63, 3.8) is 0 Å². The highest BCUT2D eigenvalue weighted by atomic mass is 19.1. The molecular formula is C22H23F2N3O2. The maximum absolute atomic E-state index is 14.3. The lowest BCUT2D eigenvalue weighted by atomic mass is 10.0. The predicted molar refractivity (Wildman–Crippen MR) is 106 cm³/mol. The predicted octanol–water partition coefficient (Wildman–Crippen LogP) is 4.66. The summed E-state index contributed by atoms with van der Waals surface area (Å²) in [5.41, 5.74) is 2.52. The molecule has 0 saturated carbocycles. The second-order valence-electron chi connectivity index (χ2n) is 8.27. The van der Waals surface area contributed by atoms with Crippen molar-refractivity contribution in [2.75, 3.05) is 6.54 Å². The number of hydrogen-bond donors (Lipinski definition) is 0. The van der Waals surface area contributed by atoms with Gasteiger partial charge in [0.25, 0.3) is 0 Å². The first-order chi connectivity index (χ1) is 13.7. The van der Waals surface area contributed by atoms with Crippen LogP contribution in [0.2, 0.25) is 0 Å². The number of benzene rings is 1. The molecule has 0 unspecified atom stereocenters. The van der Waals surface area contributed by atoms with Crippen molar-refractivity contribution < 1.29 is 18.3 Å². The number of fused-ring (bicyclic) bond motifs is 3. The molecule has 4 rings (SSSR count). The van der Waals surface area contributed by atoms with E-state index in [4.69, 9.17) is 4.74 Å². The van der Waals surface area contributed by atoms with Crippen molar-refractivity contribution in [3.8, 4) is 0 Å². The fraction of sp³-hybridized carbons (Fsp3) is 0.364. The highest BCUT2D eigenvalue weighted by Gasteiger charge is 2.30. The SMILES string of the molecule is CC(C)(C)OC(=O)N1CCc2c(n(Cc3ccc(F)cc3F)c3ncccc23)C1. The highest BCUT2D eigenvalue weighted by molar-refractivity contribution is 5.83. The molecule has 0 N–H and O–H groups in total. The Bertz CT molecular complexity index is 1090. The van der Waals surface area contributed by atoms with Crippen LogP contribution in [0.15, 0.2) is 36.5 Å². The number of carbonyl (C=O) groups is 1. The minimum Gasteiger partial charge on any atom is -0.444 e. The van der Waals surface area contributed by atoms with E-state index in [0.717, 1.165) is 28.4 Å². The number of rotatable bonds is 2. The number of aromatic nitrogens is 2. The molecule has 1 aliphatic rings. The summed E-state index contributed by atoms with van der Waals surface area (Å²) in [6, 6.07) is 7.43. The monoisotopic (exact) mass is 399 g/mol. The second-order valence-corrected chi connectivity index (χ2v) is 8.27. The van der Waals surface area contributed by atoms with Crippen molar-refractivity contribution in [3.05, 3.63) is 65.0 Å². The molecule has 0 atom stereocenters. The lowest BCUT2D eigenvalue weighted by Gasteiger charge is -2.31. The van der Waals surface area contributed by atoms with Crippen molar-refractivity contribution in [1.82, 2.24) is 14.5 Å². The Labute approximate surface area is 167 Å². The van der Waals surface area contributed by atoms with Crippen LogP contribution in [-0.4, -0.2) is 32.7 Å². The third-order valence-corrected chi connectivity index (χ3v) is 5.01. The zero-order valence-electron chi connectivity index (χ0n) is 16.7. The fourth-order valence-corrected chi connectivity index (χ4v) is 3.73. The van der Waals surface area contributed by atoms with Gasteiger partial charge in [0.15, 0.2) is 0 Å². The third-order valence-electron chi connectivity index (χ3n) is 5.01. The van der Waals surface area contributed by atoms with Crippen molar-refractivity contribution in [2.45, 2.75) is 45.9 Å². The van der Waals surface area contributed by atoms with E-state index in [1.54, 1.807) is 11.1 Å². The minimum atomic E-state index is -0.611. The summed E-state index contributed by atoms with van der Waals surface area (Å²) < 4.78 is 35.0. The van der Waals surface area contributed by atoms with Gasteiger partial charge >= 0.3 is 6.09 Å². The zero-order chi connectivity index (χ0) is 20.8. The first-order valence-corrected chi connectivity index (χ1v) is 9.60. The number of nitrogens with zero attached hydrogens (tertiary/aromatic N) is 3. The van der Waals surface area contributed by atoms with Gasteiger partial charge in [0.2, 0.25) is 0 Å². The van der Waals surface area contributed by atoms with E-state index in [0.29, 0.717) is 25.1 Å². The van der Waals surface area contributed by atoms with E-state index in [-0.39, 0.29) is 12.6 Å². The van der Waals surface area contributed by atoms with E-state index in [9.17, 15) is 13.6 Å². The second kappa shape index (κ2) is 7.13. The van der Waals surface area contributed by atoms with Gasteiger partial charge < -0.3 is 14.2 Å². The largest absolute Gasteiger partial charge is 0.444 e. The van der Waals surface area contributed by atoms with Gasteiger partial charge in [-0.3, -0.25) is 0 Å². The van der Waals surface area contributed by atoms with Gasteiger partial charge in [-0.15, -0.1) is 0 Å². The highest BCUT2D eigenvalue weighted by Crippen LogP contribution is 2.31. The van der Waals surface area contributed by atoms with Crippen LogP contribution in [0.3, 0.4) is 0 Å². The summed E-state index contributed by atoms with van der Waals surface area (Å²) in [6.07, 6.45) is 1.98. The molecule has 152 valence electrons. The maximum atomic E-state index is 14.3. The topological polar surface area (TPSA) is 47.4 Å². The van der Waals surface area contributed by atoms with Gasteiger partial charge in [-0.1, -0.05) is 6.07 Å². The van der Waals surface area contributed by atoms with Crippen LogP contribution in [0, 0.1) is 11.6 Å². The molecule has 0 bridgehead atoms. The molecule has 3 heterocycles. The van der Waals surface area contributed by atoms with Gasteiger partial charge in [-0.25, -0.2) is 18.6 Å². The number of ether oxygens (including phenoxy) is 1. The van der Waals surface area contributed by atoms with Crippen LogP contribution >= 0.6 is 0 Å². The summed E-state index contributed by atoms with van der Waals surface area (Å²) in [4.78, 5) is 18.7. The van der Waals surface area contributed by atoms with E-state index in [1.807, 2.05) is 37.5 Å². The molecule has 1 aliphatic heterocycles. The minimum absolute atomic E-state index is 0.205. The molecule has 3 aromatic rings. The fourth-order valence-electron chi connectivity index (χ4n) is 3.73. The van der Waals surface area contributed by atoms with Crippen LogP contribution in [0.1, 0.15) is 37.6 Å².